The zero-order chi connectivity index (χ0) is 15.8. The Morgan fingerprint density at radius 1 is 1.05 bits per heavy atom. The zero-order valence-electron chi connectivity index (χ0n) is 12.7. The number of aliphatic hydroxyl groups excluding tert-OH is 1. The monoisotopic (exact) mass is 299 g/mol. The molecule has 4 nitrogen and oxygen atoms in total. The second-order valence-corrected chi connectivity index (χ2v) is 5.08. The van der Waals surface area contributed by atoms with Crippen LogP contribution < -0.4 is 9.64 Å². The summed E-state index contributed by atoms with van der Waals surface area (Å²) < 4.78 is 5.31. The van der Waals surface area contributed by atoms with Gasteiger partial charge in [0.25, 0.3) is 0 Å². The van der Waals surface area contributed by atoms with Crippen LogP contribution in [0.3, 0.4) is 0 Å². The van der Waals surface area contributed by atoms with E-state index in [2.05, 4.69) is 0 Å². The van der Waals surface area contributed by atoms with Crippen molar-refractivity contribution in [3.05, 3.63) is 60.2 Å². The van der Waals surface area contributed by atoms with Crippen LogP contribution in [-0.4, -0.2) is 30.8 Å². The Labute approximate surface area is 131 Å². The predicted molar refractivity (Wildman–Crippen MR) is 87.2 cm³/mol. The Balaban J connectivity index is 1.89. The lowest BCUT2D eigenvalue weighted by molar-refractivity contribution is -0.134. The number of hydrogen-bond acceptors (Lipinski definition) is 4. The summed E-state index contributed by atoms with van der Waals surface area (Å²) in [4.78, 5) is 13.9. The summed E-state index contributed by atoms with van der Waals surface area (Å²) in [5.41, 5.74) is 2.11. The maximum absolute atomic E-state index is 11.9. The largest absolute Gasteiger partial charge is 0.426 e. The average molecular weight is 299 g/mol. The standard InChI is InChI=1S/C18H21NO3/c1-15-7-9-17(10-8-15)22-18(21)11-12-19(13-14-20)16-5-3-2-4-6-16/h2-10,20H,11-14H2,1H3. The maximum atomic E-state index is 11.9. The van der Waals surface area contributed by atoms with Gasteiger partial charge in [0, 0.05) is 18.8 Å². The van der Waals surface area contributed by atoms with Crippen LogP contribution in [0.4, 0.5) is 5.69 Å². The molecule has 0 aliphatic rings. The minimum Gasteiger partial charge on any atom is -0.426 e. The molecule has 0 radical (unpaired) electrons. The van der Waals surface area contributed by atoms with Gasteiger partial charge in [-0.05, 0) is 31.2 Å². The fourth-order valence-electron chi connectivity index (χ4n) is 2.14. The van der Waals surface area contributed by atoms with E-state index in [9.17, 15) is 4.79 Å². The zero-order valence-corrected chi connectivity index (χ0v) is 12.7. The van der Waals surface area contributed by atoms with Crippen molar-refractivity contribution in [2.45, 2.75) is 13.3 Å². The maximum Gasteiger partial charge on any atom is 0.312 e. The Hall–Kier alpha value is -2.33. The highest BCUT2D eigenvalue weighted by molar-refractivity contribution is 5.73. The highest BCUT2D eigenvalue weighted by Crippen LogP contribution is 2.15. The molecule has 0 spiro atoms. The molecule has 0 heterocycles. The minimum atomic E-state index is -0.275. The Kier molecular flexibility index (Phi) is 5.98. The van der Waals surface area contributed by atoms with E-state index in [1.807, 2.05) is 54.3 Å². The minimum absolute atomic E-state index is 0.0436. The number of esters is 1. The number of aryl methyl sites for hydroxylation is 1. The van der Waals surface area contributed by atoms with Crippen molar-refractivity contribution in [1.29, 1.82) is 0 Å². The van der Waals surface area contributed by atoms with Gasteiger partial charge < -0.3 is 14.7 Å². The van der Waals surface area contributed by atoms with Crippen LogP contribution in [0.5, 0.6) is 5.75 Å². The first kappa shape index (κ1) is 16.0. The molecule has 2 aromatic carbocycles. The van der Waals surface area contributed by atoms with Crippen LogP contribution in [0, 0.1) is 6.92 Å². The topological polar surface area (TPSA) is 49.8 Å². The van der Waals surface area contributed by atoms with Gasteiger partial charge in [-0.3, -0.25) is 4.79 Å². The van der Waals surface area contributed by atoms with Crippen LogP contribution >= 0.6 is 0 Å². The molecule has 0 saturated carbocycles. The third kappa shape index (κ3) is 4.90. The Bertz CT molecular complexity index is 581. The van der Waals surface area contributed by atoms with Crippen LogP contribution in [0.25, 0.3) is 0 Å². The number of carbonyl (C=O) groups is 1. The van der Waals surface area contributed by atoms with Crippen LogP contribution in [0.15, 0.2) is 54.6 Å². The first-order valence-electron chi connectivity index (χ1n) is 7.37. The molecule has 0 atom stereocenters. The average Bonchev–Trinajstić information content (AvgIpc) is 2.54. The summed E-state index contributed by atoms with van der Waals surface area (Å²) in [5, 5.41) is 9.17. The molecule has 0 aliphatic heterocycles. The molecule has 0 aromatic heterocycles. The van der Waals surface area contributed by atoms with Gasteiger partial charge in [-0.2, -0.15) is 0 Å². The van der Waals surface area contributed by atoms with Crippen molar-refractivity contribution in [3.8, 4) is 5.75 Å². The van der Waals surface area contributed by atoms with E-state index < -0.39 is 0 Å². The molecule has 0 unspecified atom stereocenters. The molecule has 0 aliphatic carbocycles. The van der Waals surface area contributed by atoms with E-state index >= 15 is 0 Å². The van der Waals surface area contributed by atoms with Crippen molar-refractivity contribution in [1.82, 2.24) is 0 Å². The van der Waals surface area contributed by atoms with Gasteiger partial charge in [0.05, 0.1) is 13.0 Å². The van der Waals surface area contributed by atoms with Crippen LogP contribution in [-0.2, 0) is 4.79 Å². The number of carbonyl (C=O) groups excluding carboxylic acids is 1. The van der Waals surface area contributed by atoms with Crippen LogP contribution in [0.2, 0.25) is 0 Å². The molecular weight excluding hydrogens is 278 g/mol. The van der Waals surface area contributed by atoms with E-state index in [0.29, 0.717) is 18.8 Å². The van der Waals surface area contributed by atoms with Gasteiger partial charge in [-0.1, -0.05) is 35.9 Å². The molecular formula is C18H21NO3. The van der Waals surface area contributed by atoms with E-state index in [1.165, 1.54) is 0 Å². The molecule has 2 rings (SSSR count). The van der Waals surface area contributed by atoms with E-state index in [0.717, 1.165) is 11.3 Å². The third-order valence-electron chi connectivity index (χ3n) is 3.33. The molecule has 0 amide bonds. The van der Waals surface area contributed by atoms with Crippen molar-refractivity contribution >= 4 is 11.7 Å². The quantitative estimate of drug-likeness (QED) is 0.631. The summed E-state index contributed by atoms with van der Waals surface area (Å²) in [6.45, 7) is 3.03. The van der Waals surface area contributed by atoms with Gasteiger partial charge >= 0.3 is 5.97 Å². The van der Waals surface area contributed by atoms with Crippen molar-refractivity contribution < 1.29 is 14.6 Å². The second kappa shape index (κ2) is 8.20. The number of nitrogens with zero attached hydrogens (tertiary/aromatic N) is 1. The van der Waals surface area contributed by atoms with E-state index in [-0.39, 0.29) is 19.0 Å². The fourth-order valence-corrected chi connectivity index (χ4v) is 2.14. The third-order valence-corrected chi connectivity index (χ3v) is 3.33. The molecule has 0 fully saturated rings. The second-order valence-electron chi connectivity index (χ2n) is 5.08. The number of rotatable bonds is 7. The lowest BCUT2D eigenvalue weighted by Crippen LogP contribution is -2.30. The molecule has 22 heavy (non-hydrogen) atoms. The first-order chi connectivity index (χ1) is 10.7. The van der Waals surface area contributed by atoms with Gasteiger partial charge in [0.15, 0.2) is 0 Å². The van der Waals surface area contributed by atoms with Gasteiger partial charge in [0.1, 0.15) is 5.75 Å². The number of para-hydroxylation sites is 1. The van der Waals surface area contributed by atoms with Gasteiger partial charge in [-0.25, -0.2) is 0 Å². The lowest BCUT2D eigenvalue weighted by Gasteiger charge is -2.23. The SMILES string of the molecule is Cc1ccc(OC(=O)CCN(CCO)c2ccccc2)cc1. The molecule has 1 N–H and O–H groups in total. The lowest BCUT2D eigenvalue weighted by atomic mass is 10.2. The van der Waals surface area contributed by atoms with Gasteiger partial charge in [-0.15, -0.1) is 0 Å². The molecule has 0 saturated heterocycles. The molecule has 0 bridgehead atoms. The Morgan fingerprint density at radius 3 is 2.36 bits per heavy atom. The summed E-state index contributed by atoms with van der Waals surface area (Å²) in [5.74, 6) is 0.284. The fraction of sp³-hybridized carbons (Fsp3) is 0.278. The van der Waals surface area contributed by atoms with Crippen molar-refractivity contribution in [2.24, 2.45) is 0 Å². The number of ether oxygens (including phenoxy) is 1. The molecule has 116 valence electrons. The van der Waals surface area contributed by atoms with Crippen LogP contribution in [0.1, 0.15) is 12.0 Å². The summed E-state index contributed by atoms with van der Waals surface area (Å²) >= 11 is 0. The van der Waals surface area contributed by atoms with Crippen molar-refractivity contribution in [3.63, 3.8) is 0 Å². The van der Waals surface area contributed by atoms with Crippen molar-refractivity contribution in [2.75, 3.05) is 24.6 Å². The normalized spacial score (nSPS) is 10.3. The number of aliphatic hydroxyl groups is 1. The highest BCUT2D eigenvalue weighted by Gasteiger charge is 2.10. The highest BCUT2D eigenvalue weighted by atomic mass is 16.5. The Morgan fingerprint density at radius 2 is 1.73 bits per heavy atom. The number of anilines is 1. The first-order valence-corrected chi connectivity index (χ1v) is 7.37. The summed E-state index contributed by atoms with van der Waals surface area (Å²) in [7, 11) is 0. The number of benzene rings is 2. The summed E-state index contributed by atoms with van der Waals surface area (Å²) in [6.07, 6.45) is 0.267. The summed E-state index contributed by atoms with van der Waals surface area (Å²) in [6, 6.07) is 17.1. The molecule has 2 aromatic rings. The number of hydrogen-bond donors (Lipinski definition) is 1. The predicted octanol–water partition coefficient (Wildman–Crippen LogP) is 2.79. The molecule has 4 heteroatoms. The van der Waals surface area contributed by atoms with E-state index in [1.54, 1.807) is 12.1 Å². The van der Waals surface area contributed by atoms with Gasteiger partial charge in [0.2, 0.25) is 0 Å². The smallest absolute Gasteiger partial charge is 0.312 e. The van der Waals surface area contributed by atoms with E-state index in [4.69, 9.17) is 9.84 Å².